The van der Waals surface area contributed by atoms with Crippen molar-refractivity contribution in [1.29, 1.82) is 0 Å². The Labute approximate surface area is 101 Å². The number of aryl methyl sites for hydroxylation is 1. The van der Waals surface area contributed by atoms with E-state index in [0.717, 1.165) is 23.4 Å². The van der Waals surface area contributed by atoms with Crippen molar-refractivity contribution in [2.45, 2.75) is 20.3 Å². The van der Waals surface area contributed by atoms with Gasteiger partial charge in [0.15, 0.2) is 5.12 Å². The lowest BCUT2D eigenvalue weighted by atomic mass is 10.1. The number of rotatable bonds is 4. The van der Waals surface area contributed by atoms with Crippen LogP contribution in [0.4, 0.5) is 5.69 Å². The summed E-state index contributed by atoms with van der Waals surface area (Å²) < 4.78 is 0. The van der Waals surface area contributed by atoms with Crippen LogP contribution in [0.1, 0.15) is 25.0 Å². The molecule has 0 spiro atoms. The van der Waals surface area contributed by atoms with E-state index in [-0.39, 0.29) is 5.12 Å². The Hall–Kier alpha value is -1.22. The fraction of sp³-hybridized carbons (Fsp3) is 0.308. The van der Waals surface area contributed by atoms with Crippen molar-refractivity contribution >= 4 is 28.6 Å². The Morgan fingerprint density at radius 2 is 2.25 bits per heavy atom. The molecule has 0 saturated carbocycles. The molecule has 0 unspecified atom stereocenters. The van der Waals surface area contributed by atoms with Crippen molar-refractivity contribution in [1.82, 2.24) is 0 Å². The predicted molar refractivity (Wildman–Crippen MR) is 72.4 cm³/mol. The van der Waals surface area contributed by atoms with Crippen LogP contribution in [0.15, 0.2) is 24.3 Å². The minimum atomic E-state index is 0.149. The molecule has 0 radical (unpaired) electrons. The lowest BCUT2D eigenvalue weighted by Crippen LogP contribution is -1.92. The highest BCUT2D eigenvalue weighted by molar-refractivity contribution is 8.13. The molecule has 86 valence electrons. The van der Waals surface area contributed by atoms with Crippen LogP contribution < -0.4 is 5.73 Å². The smallest absolute Gasteiger partial charge is 0.186 e. The molecule has 0 aliphatic rings. The zero-order valence-electron chi connectivity index (χ0n) is 9.69. The number of nitrogens with two attached hydrogens (primary N) is 1. The zero-order valence-corrected chi connectivity index (χ0v) is 10.5. The highest BCUT2D eigenvalue weighted by Gasteiger charge is 1.96. The maximum absolute atomic E-state index is 10.7. The highest BCUT2D eigenvalue weighted by Crippen LogP contribution is 2.16. The third kappa shape index (κ3) is 4.11. The summed E-state index contributed by atoms with van der Waals surface area (Å²) in [6.45, 7) is 3.67. The van der Waals surface area contributed by atoms with Gasteiger partial charge in [0.05, 0.1) is 0 Å². The summed E-state index contributed by atoms with van der Waals surface area (Å²) in [5.74, 6) is 0.723. The number of carbonyl (C=O) groups is 1. The molecule has 0 atom stereocenters. The summed E-state index contributed by atoms with van der Waals surface area (Å²) in [4.78, 5) is 10.7. The number of hydrogen-bond acceptors (Lipinski definition) is 3. The molecule has 1 rings (SSSR count). The van der Waals surface area contributed by atoms with Crippen LogP contribution >= 0.6 is 11.8 Å². The van der Waals surface area contributed by atoms with Crippen molar-refractivity contribution in [2.75, 3.05) is 11.5 Å². The number of carbonyl (C=O) groups excluding carboxylic acids is 1. The van der Waals surface area contributed by atoms with Gasteiger partial charge in [-0.25, -0.2) is 0 Å². The molecule has 0 aromatic heterocycles. The summed E-state index contributed by atoms with van der Waals surface area (Å²) in [5.41, 5.74) is 8.97. The molecule has 0 fully saturated rings. The van der Waals surface area contributed by atoms with Crippen molar-refractivity contribution in [2.24, 2.45) is 0 Å². The van der Waals surface area contributed by atoms with Crippen molar-refractivity contribution in [3.8, 4) is 0 Å². The number of nitrogen functional groups attached to an aromatic ring is 1. The summed E-state index contributed by atoms with van der Waals surface area (Å²) in [7, 11) is 0. The second-order valence-electron chi connectivity index (χ2n) is 3.52. The van der Waals surface area contributed by atoms with E-state index in [1.165, 1.54) is 17.3 Å². The molecule has 0 heterocycles. The van der Waals surface area contributed by atoms with Crippen LogP contribution in [0.2, 0.25) is 0 Å². The van der Waals surface area contributed by atoms with Crippen LogP contribution in [-0.4, -0.2) is 10.9 Å². The van der Waals surface area contributed by atoms with Crippen LogP contribution in [0.3, 0.4) is 0 Å². The average molecular weight is 235 g/mol. The molecule has 0 aliphatic carbocycles. The van der Waals surface area contributed by atoms with Gasteiger partial charge in [-0.05, 0) is 29.7 Å². The molecule has 16 heavy (non-hydrogen) atoms. The van der Waals surface area contributed by atoms with Crippen LogP contribution in [0.25, 0.3) is 6.08 Å². The van der Waals surface area contributed by atoms with Gasteiger partial charge in [-0.3, -0.25) is 4.79 Å². The van der Waals surface area contributed by atoms with E-state index < -0.39 is 0 Å². The average Bonchev–Trinajstić information content (AvgIpc) is 2.26. The molecular formula is C13H17NOS. The van der Waals surface area contributed by atoms with Gasteiger partial charge in [-0.2, -0.15) is 0 Å². The fourth-order valence-corrected chi connectivity index (χ4v) is 1.81. The Bertz CT molecular complexity index is 399. The molecule has 2 N–H and O–H groups in total. The monoisotopic (exact) mass is 235 g/mol. The number of thioether (sulfide) groups is 1. The Morgan fingerprint density at radius 3 is 2.88 bits per heavy atom. The third-order valence-corrected chi connectivity index (χ3v) is 3.01. The van der Waals surface area contributed by atoms with Gasteiger partial charge in [0.1, 0.15) is 0 Å². The fourth-order valence-electron chi connectivity index (χ4n) is 1.39. The summed E-state index contributed by atoms with van der Waals surface area (Å²) in [6, 6.07) is 6.00. The maximum Gasteiger partial charge on any atom is 0.186 e. The second kappa shape index (κ2) is 6.38. The number of hydrogen-bond donors (Lipinski definition) is 1. The molecular weight excluding hydrogens is 218 g/mol. The standard InChI is InChI=1S/C13H17NOS/c1-3-12-9-11(6-7-13(12)14)5-4-8-16-10(2)15/h4-7,9H,3,8,14H2,1-2H3. The SMILES string of the molecule is CCc1cc(C=CCSC(C)=O)ccc1N. The minimum Gasteiger partial charge on any atom is -0.399 e. The first-order valence-electron chi connectivity index (χ1n) is 5.31. The summed E-state index contributed by atoms with van der Waals surface area (Å²) >= 11 is 1.31. The van der Waals surface area contributed by atoms with E-state index in [1.54, 1.807) is 6.92 Å². The van der Waals surface area contributed by atoms with E-state index in [4.69, 9.17) is 5.73 Å². The summed E-state index contributed by atoms with van der Waals surface area (Å²) in [5, 5.41) is 0.149. The van der Waals surface area contributed by atoms with E-state index in [0.29, 0.717) is 0 Å². The number of benzene rings is 1. The molecule has 1 aromatic rings. The minimum absolute atomic E-state index is 0.149. The normalized spacial score (nSPS) is 10.9. The first-order valence-corrected chi connectivity index (χ1v) is 6.30. The third-order valence-electron chi connectivity index (χ3n) is 2.24. The van der Waals surface area contributed by atoms with Crippen LogP contribution in [0, 0.1) is 0 Å². The highest BCUT2D eigenvalue weighted by atomic mass is 32.2. The topological polar surface area (TPSA) is 43.1 Å². The van der Waals surface area contributed by atoms with Gasteiger partial charge < -0.3 is 5.73 Å². The Kier molecular flexibility index (Phi) is 5.12. The summed E-state index contributed by atoms with van der Waals surface area (Å²) in [6.07, 6.45) is 4.96. The van der Waals surface area contributed by atoms with Gasteiger partial charge in [0.2, 0.25) is 0 Å². The van der Waals surface area contributed by atoms with Gasteiger partial charge >= 0.3 is 0 Å². The van der Waals surface area contributed by atoms with E-state index >= 15 is 0 Å². The van der Waals surface area contributed by atoms with E-state index in [2.05, 4.69) is 13.0 Å². The molecule has 1 aromatic carbocycles. The number of anilines is 1. The van der Waals surface area contributed by atoms with Crippen LogP contribution in [0.5, 0.6) is 0 Å². The first kappa shape index (κ1) is 12.8. The quantitative estimate of drug-likeness (QED) is 0.815. The van der Waals surface area contributed by atoms with Gasteiger partial charge in [0.25, 0.3) is 0 Å². The van der Waals surface area contributed by atoms with E-state index in [9.17, 15) is 4.79 Å². The van der Waals surface area contributed by atoms with E-state index in [1.807, 2.05) is 24.3 Å². The lowest BCUT2D eigenvalue weighted by molar-refractivity contribution is -0.109. The lowest BCUT2D eigenvalue weighted by Gasteiger charge is -2.03. The maximum atomic E-state index is 10.7. The molecule has 2 nitrogen and oxygen atoms in total. The molecule has 0 saturated heterocycles. The van der Waals surface area contributed by atoms with Crippen LogP contribution in [-0.2, 0) is 11.2 Å². The molecule has 3 heteroatoms. The van der Waals surface area contributed by atoms with Gasteiger partial charge in [-0.1, -0.05) is 36.9 Å². The van der Waals surface area contributed by atoms with Gasteiger partial charge in [-0.15, -0.1) is 0 Å². The Balaban J connectivity index is 2.63. The second-order valence-corrected chi connectivity index (χ2v) is 4.71. The largest absolute Gasteiger partial charge is 0.399 e. The zero-order chi connectivity index (χ0) is 12.0. The molecule has 0 aliphatic heterocycles. The molecule has 0 amide bonds. The molecule has 0 bridgehead atoms. The van der Waals surface area contributed by atoms with Crippen molar-refractivity contribution in [3.63, 3.8) is 0 Å². The van der Waals surface area contributed by atoms with Crippen molar-refractivity contribution < 1.29 is 4.79 Å². The van der Waals surface area contributed by atoms with Crippen molar-refractivity contribution in [3.05, 3.63) is 35.4 Å². The predicted octanol–water partition coefficient (Wildman–Crippen LogP) is 3.12. The Morgan fingerprint density at radius 1 is 1.50 bits per heavy atom. The van der Waals surface area contributed by atoms with Gasteiger partial charge in [0, 0.05) is 18.4 Å². The first-order chi connectivity index (χ1) is 7.63.